The van der Waals surface area contributed by atoms with E-state index >= 15 is 0 Å². The van der Waals surface area contributed by atoms with Crippen molar-refractivity contribution in [2.45, 2.75) is 82.3 Å². The zero-order chi connectivity index (χ0) is 26.3. The van der Waals surface area contributed by atoms with Gasteiger partial charge in [-0.1, -0.05) is 44.2 Å². The lowest BCUT2D eigenvalue weighted by molar-refractivity contribution is -0.0592. The third-order valence-electron chi connectivity index (χ3n) is 9.06. The van der Waals surface area contributed by atoms with Crippen molar-refractivity contribution in [2.75, 3.05) is 39.9 Å². The van der Waals surface area contributed by atoms with Crippen LogP contribution in [0.5, 0.6) is 0 Å². The second-order valence-electron chi connectivity index (χ2n) is 11.4. The number of methoxy groups -OCH3 is 1. The van der Waals surface area contributed by atoms with Crippen LogP contribution in [-0.4, -0.2) is 62.0 Å². The first-order valence-electron chi connectivity index (χ1n) is 14.4. The molecule has 1 aromatic rings. The molecule has 3 aliphatic rings. The Hall–Kier alpha value is -1.77. The molecule has 4 atom stereocenters. The van der Waals surface area contributed by atoms with Crippen LogP contribution in [0.25, 0.3) is 0 Å². The number of likely N-dealkylation sites (tertiary alicyclic amines) is 1. The van der Waals surface area contributed by atoms with Crippen LogP contribution in [0, 0.1) is 29.4 Å². The van der Waals surface area contributed by atoms with Gasteiger partial charge in [-0.3, -0.25) is 0 Å². The lowest BCUT2D eigenvalue weighted by atomic mass is 9.73. The van der Waals surface area contributed by atoms with E-state index < -0.39 is 17.2 Å². The molecule has 2 heterocycles. The number of nitrogens with one attached hydrogen (secondary N) is 2. The molecule has 4 rings (SSSR count). The lowest BCUT2D eigenvalue weighted by Crippen LogP contribution is -2.58. The lowest BCUT2D eigenvalue weighted by Gasteiger charge is -2.44. The highest BCUT2D eigenvalue weighted by atomic mass is 19.2. The van der Waals surface area contributed by atoms with Gasteiger partial charge >= 0.3 is 6.03 Å². The molecule has 37 heavy (non-hydrogen) atoms. The van der Waals surface area contributed by atoms with Crippen molar-refractivity contribution in [1.29, 1.82) is 0 Å². The highest BCUT2D eigenvalue weighted by molar-refractivity contribution is 5.74. The molecule has 1 saturated carbocycles. The zero-order valence-corrected chi connectivity index (χ0v) is 22.3. The normalized spacial score (nSPS) is 27.0. The van der Waals surface area contributed by atoms with Gasteiger partial charge in [0.2, 0.25) is 0 Å². The summed E-state index contributed by atoms with van der Waals surface area (Å²) in [7, 11) is 1.62. The predicted octanol–water partition coefficient (Wildman–Crippen LogP) is 4.95. The quantitative estimate of drug-likeness (QED) is 0.402. The number of hydrogen-bond donors (Lipinski definition) is 3. The number of amides is 2. The van der Waals surface area contributed by atoms with Crippen LogP contribution >= 0.6 is 0 Å². The summed E-state index contributed by atoms with van der Waals surface area (Å²) in [4.78, 5) is 15.3. The maximum atomic E-state index is 15.0. The van der Waals surface area contributed by atoms with Crippen LogP contribution in [0.3, 0.4) is 0 Å². The fraction of sp³-hybridized carbons (Fsp3) is 0.759. The van der Waals surface area contributed by atoms with Gasteiger partial charge in [0.05, 0.1) is 5.60 Å². The topological polar surface area (TPSA) is 73.8 Å². The minimum Gasteiger partial charge on any atom is -0.385 e. The molecule has 1 aliphatic carbocycles. The van der Waals surface area contributed by atoms with Crippen LogP contribution in [-0.2, 0) is 10.3 Å². The van der Waals surface area contributed by atoms with Gasteiger partial charge in [0.25, 0.3) is 0 Å². The highest BCUT2D eigenvalue weighted by Gasteiger charge is 2.43. The molecule has 0 spiro atoms. The van der Waals surface area contributed by atoms with E-state index in [0.717, 1.165) is 25.6 Å². The Morgan fingerprint density at radius 2 is 1.97 bits per heavy atom. The van der Waals surface area contributed by atoms with Gasteiger partial charge < -0.3 is 25.4 Å². The van der Waals surface area contributed by atoms with Crippen molar-refractivity contribution in [3.63, 3.8) is 0 Å². The summed E-state index contributed by atoms with van der Waals surface area (Å²) < 4.78 is 34.3. The summed E-state index contributed by atoms with van der Waals surface area (Å²) in [6.07, 6.45) is 10.4. The van der Waals surface area contributed by atoms with Crippen LogP contribution in [0.15, 0.2) is 18.2 Å². The van der Waals surface area contributed by atoms with E-state index in [-0.39, 0.29) is 30.0 Å². The van der Waals surface area contributed by atoms with Crippen LogP contribution in [0.2, 0.25) is 0 Å². The number of aliphatic hydroxyl groups is 1. The van der Waals surface area contributed by atoms with Gasteiger partial charge in [0.1, 0.15) is 0 Å². The Kier molecular flexibility index (Phi) is 10.2. The standard InChI is InChI=1S/C29H45F2N3O3/c1-37-18-6-5-15-29(36,24-12-7-13-25(30)27(24)31)22-11-8-17-34(20-22)28(35)33-26-19-32-16-14-23(26)21-9-3-2-4-10-21/h7,12-13,21-23,26,32,36H,2-6,8-11,14-20H2,1H3,(H,33,35). The van der Waals surface area contributed by atoms with Crippen LogP contribution in [0.4, 0.5) is 13.6 Å². The van der Waals surface area contributed by atoms with Crippen molar-refractivity contribution in [1.82, 2.24) is 15.5 Å². The minimum atomic E-state index is -1.56. The number of nitrogens with zero attached hydrogens (tertiary/aromatic N) is 1. The predicted molar refractivity (Wildman–Crippen MR) is 140 cm³/mol. The Labute approximate surface area is 220 Å². The van der Waals surface area contributed by atoms with Gasteiger partial charge in [-0.05, 0) is 63.0 Å². The Morgan fingerprint density at radius 1 is 1.16 bits per heavy atom. The summed E-state index contributed by atoms with van der Waals surface area (Å²) >= 11 is 0. The second kappa shape index (κ2) is 13.3. The fourth-order valence-electron chi connectivity index (χ4n) is 7.00. The molecule has 0 radical (unpaired) electrons. The average Bonchev–Trinajstić information content (AvgIpc) is 2.93. The molecule has 0 aromatic heterocycles. The number of carbonyl (C=O) groups excluding carboxylic acids is 1. The van der Waals surface area contributed by atoms with Crippen molar-refractivity contribution in [3.05, 3.63) is 35.4 Å². The van der Waals surface area contributed by atoms with Crippen molar-refractivity contribution >= 4 is 6.03 Å². The van der Waals surface area contributed by atoms with Gasteiger partial charge in [-0.15, -0.1) is 0 Å². The number of halogens is 2. The SMILES string of the molecule is COCCCCC(O)(c1cccc(F)c1F)C1CCCN(C(=O)NC2CNCCC2C2CCCCC2)C1. The van der Waals surface area contributed by atoms with Gasteiger partial charge in [0.15, 0.2) is 11.6 Å². The first-order valence-corrected chi connectivity index (χ1v) is 14.4. The summed E-state index contributed by atoms with van der Waals surface area (Å²) in [5, 5.41) is 18.7. The summed E-state index contributed by atoms with van der Waals surface area (Å²) in [5.41, 5.74) is -1.57. The maximum absolute atomic E-state index is 15.0. The van der Waals surface area contributed by atoms with E-state index in [9.17, 15) is 18.7 Å². The molecule has 2 aliphatic heterocycles. The molecular formula is C29H45F2N3O3. The molecule has 0 bridgehead atoms. The monoisotopic (exact) mass is 521 g/mol. The van der Waals surface area contributed by atoms with Crippen LogP contribution < -0.4 is 10.6 Å². The Morgan fingerprint density at radius 3 is 2.76 bits per heavy atom. The minimum absolute atomic E-state index is 0.00832. The zero-order valence-electron chi connectivity index (χ0n) is 22.3. The number of urea groups is 1. The molecule has 3 fully saturated rings. The number of hydrogen-bond acceptors (Lipinski definition) is 4. The molecule has 208 valence electrons. The van der Waals surface area contributed by atoms with E-state index in [2.05, 4.69) is 10.6 Å². The molecular weight excluding hydrogens is 476 g/mol. The number of benzene rings is 1. The molecule has 4 unspecified atom stereocenters. The molecule has 2 saturated heterocycles. The Balaban J connectivity index is 1.47. The van der Waals surface area contributed by atoms with Gasteiger partial charge in [-0.25, -0.2) is 13.6 Å². The second-order valence-corrected chi connectivity index (χ2v) is 11.4. The number of carbonyl (C=O) groups is 1. The van der Waals surface area contributed by atoms with Crippen molar-refractivity contribution in [3.8, 4) is 0 Å². The molecule has 2 amide bonds. The fourth-order valence-corrected chi connectivity index (χ4v) is 7.00. The van der Waals surface area contributed by atoms with E-state index in [1.165, 1.54) is 44.2 Å². The molecule has 3 N–H and O–H groups in total. The number of unbranched alkanes of at least 4 members (excludes halogenated alkanes) is 1. The van der Waals surface area contributed by atoms with E-state index in [4.69, 9.17) is 4.74 Å². The molecule has 6 nitrogen and oxygen atoms in total. The van der Waals surface area contributed by atoms with Gasteiger partial charge in [-0.2, -0.15) is 0 Å². The highest BCUT2D eigenvalue weighted by Crippen LogP contribution is 2.41. The average molecular weight is 522 g/mol. The van der Waals surface area contributed by atoms with E-state index in [0.29, 0.717) is 57.2 Å². The molecule has 1 aromatic carbocycles. The molecule has 8 heteroatoms. The van der Waals surface area contributed by atoms with Crippen molar-refractivity contribution in [2.24, 2.45) is 17.8 Å². The summed E-state index contributed by atoms with van der Waals surface area (Å²) in [6, 6.07) is 3.99. The Bertz CT molecular complexity index is 882. The van der Waals surface area contributed by atoms with Crippen molar-refractivity contribution < 1.29 is 23.4 Å². The number of piperidine rings is 2. The largest absolute Gasteiger partial charge is 0.385 e. The van der Waals surface area contributed by atoms with E-state index in [1.54, 1.807) is 12.0 Å². The number of rotatable bonds is 9. The smallest absolute Gasteiger partial charge is 0.317 e. The first kappa shape index (κ1) is 28.2. The summed E-state index contributed by atoms with van der Waals surface area (Å²) in [6.45, 7) is 3.23. The summed E-state index contributed by atoms with van der Waals surface area (Å²) in [5.74, 6) is -1.18. The first-order chi connectivity index (χ1) is 17.9. The third-order valence-corrected chi connectivity index (χ3v) is 9.06. The number of ether oxygens (including phenoxy) is 1. The van der Waals surface area contributed by atoms with E-state index in [1.807, 2.05) is 0 Å². The third kappa shape index (κ3) is 6.82. The maximum Gasteiger partial charge on any atom is 0.317 e. The van der Waals surface area contributed by atoms with Gasteiger partial charge in [0, 0.05) is 50.9 Å². The van der Waals surface area contributed by atoms with Crippen LogP contribution in [0.1, 0.15) is 76.2 Å².